The normalized spacial score (nSPS) is 19.2. The number of carbonyl (C=O) groups excluding carboxylic acids is 1. The molecule has 0 saturated carbocycles. The van der Waals surface area contributed by atoms with Crippen LogP contribution in [0.5, 0.6) is 5.75 Å². The topological polar surface area (TPSA) is 70.2 Å². The van der Waals surface area contributed by atoms with E-state index in [1.807, 2.05) is 7.05 Å². The lowest BCUT2D eigenvalue weighted by molar-refractivity contribution is -0.274. The van der Waals surface area contributed by atoms with Crippen LogP contribution in [0.1, 0.15) is 16.9 Å². The van der Waals surface area contributed by atoms with Crippen LogP contribution in [0, 0.1) is 0 Å². The maximum atomic E-state index is 12.5. The Bertz CT molecular complexity index is 815. The minimum absolute atomic E-state index is 0.0225. The number of benzene rings is 1. The number of nitrogens with one attached hydrogen (secondary N) is 2. The molecule has 1 fully saturated rings. The van der Waals surface area contributed by atoms with Gasteiger partial charge in [-0.05, 0) is 37.2 Å². The lowest BCUT2D eigenvalue weighted by Crippen LogP contribution is -2.45. The number of hydrogen-bond acceptors (Lipinski definition) is 4. The summed E-state index contributed by atoms with van der Waals surface area (Å²) < 4.78 is 41.0. The molecule has 1 unspecified atom stereocenters. The summed E-state index contributed by atoms with van der Waals surface area (Å²) in [6, 6.07) is 3.50. The van der Waals surface area contributed by atoms with Gasteiger partial charge in [-0.2, -0.15) is 5.10 Å². The number of H-pyrrole nitrogens is 1. The highest BCUT2D eigenvalue weighted by atomic mass is 19.4. The molecule has 1 atom stereocenters. The molecule has 0 radical (unpaired) electrons. The third-order valence-electron chi connectivity index (χ3n) is 4.05. The van der Waals surface area contributed by atoms with Gasteiger partial charge in [0.15, 0.2) is 5.69 Å². The summed E-state index contributed by atoms with van der Waals surface area (Å²) in [4.78, 5) is 14.6. The summed E-state index contributed by atoms with van der Waals surface area (Å²) in [6.07, 6.45) is -4.09. The van der Waals surface area contributed by atoms with Gasteiger partial charge < -0.3 is 15.0 Å². The summed E-state index contributed by atoms with van der Waals surface area (Å²) in [5, 5.41) is 9.66. The van der Waals surface area contributed by atoms with Gasteiger partial charge in [0.2, 0.25) is 0 Å². The zero-order valence-corrected chi connectivity index (χ0v) is 13.5. The van der Waals surface area contributed by atoms with E-state index >= 15 is 0 Å². The van der Waals surface area contributed by atoms with E-state index in [4.69, 9.17) is 0 Å². The van der Waals surface area contributed by atoms with Crippen LogP contribution in [0.2, 0.25) is 0 Å². The molecule has 1 aromatic carbocycles. The van der Waals surface area contributed by atoms with Crippen LogP contribution in [0.3, 0.4) is 0 Å². The van der Waals surface area contributed by atoms with Gasteiger partial charge >= 0.3 is 6.36 Å². The summed E-state index contributed by atoms with van der Waals surface area (Å²) in [5.41, 5.74) is 1.35. The van der Waals surface area contributed by atoms with E-state index < -0.39 is 18.0 Å². The SMILES string of the molecule is C=C1CN(C)CCC1NC(=O)c1n[nH]c2ccc(OC(F)(F)F)cc12. The minimum Gasteiger partial charge on any atom is -0.406 e. The number of alkyl halides is 3. The molecule has 1 amide bonds. The van der Waals surface area contributed by atoms with Crippen molar-refractivity contribution in [1.29, 1.82) is 0 Å². The second-order valence-corrected chi connectivity index (χ2v) is 6.04. The van der Waals surface area contributed by atoms with Crippen molar-refractivity contribution < 1.29 is 22.7 Å². The fourth-order valence-corrected chi connectivity index (χ4v) is 2.85. The van der Waals surface area contributed by atoms with E-state index in [1.54, 1.807) is 0 Å². The van der Waals surface area contributed by atoms with Gasteiger partial charge in [0.1, 0.15) is 5.75 Å². The monoisotopic (exact) mass is 354 g/mol. The zero-order valence-electron chi connectivity index (χ0n) is 13.5. The Labute approximate surface area is 141 Å². The number of halogens is 3. The Hall–Kier alpha value is -2.55. The predicted molar refractivity (Wildman–Crippen MR) is 85.3 cm³/mol. The third kappa shape index (κ3) is 3.93. The Kier molecular flexibility index (Phi) is 4.42. The molecule has 0 spiro atoms. The average molecular weight is 354 g/mol. The van der Waals surface area contributed by atoms with Crippen molar-refractivity contribution in [3.05, 3.63) is 36.0 Å². The van der Waals surface area contributed by atoms with Crippen LogP contribution >= 0.6 is 0 Å². The molecule has 9 heteroatoms. The summed E-state index contributed by atoms with van der Waals surface area (Å²) in [5.74, 6) is -0.870. The first-order chi connectivity index (χ1) is 11.7. The smallest absolute Gasteiger partial charge is 0.406 e. The van der Waals surface area contributed by atoms with Gasteiger partial charge in [-0.15, -0.1) is 13.2 Å². The second kappa shape index (κ2) is 6.40. The molecule has 1 aliphatic heterocycles. The Balaban J connectivity index is 1.81. The fourth-order valence-electron chi connectivity index (χ4n) is 2.85. The molecule has 2 aromatic rings. The predicted octanol–water partition coefficient (Wildman–Crippen LogP) is 2.45. The number of likely N-dealkylation sites (tertiary alicyclic amines) is 1. The Morgan fingerprint density at radius 3 is 2.92 bits per heavy atom. The summed E-state index contributed by atoms with van der Waals surface area (Å²) in [6.45, 7) is 5.46. The number of likely N-dealkylation sites (N-methyl/N-ethyl adjacent to an activating group) is 1. The van der Waals surface area contributed by atoms with E-state index in [9.17, 15) is 18.0 Å². The van der Waals surface area contributed by atoms with Crippen molar-refractivity contribution in [2.75, 3.05) is 20.1 Å². The second-order valence-electron chi connectivity index (χ2n) is 6.04. The molecular formula is C16H17F3N4O2. The van der Waals surface area contributed by atoms with E-state index in [1.165, 1.54) is 6.07 Å². The van der Waals surface area contributed by atoms with Gasteiger partial charge in [-0.3, -0.25) is 9.89 Å². The van der Waals surface area contributed by atoms with E-state index in [0.29, 0.717) is 18.5 Å². The van der Waals surface area contributed by atoms with Crippen molar-refractivity contribution in [2.24, 2.45) is 0 Å². The molecule has 6 nitrogen and oxygen atoms in total. The molecular weight excluding hydrogens is 337 g/mol. The number of fused-ring (bicyclic) bond motifs is 1. The van der Waals surface area contributed by atoms with Crippen molar-refractivity contribution in [3.8, 4) is 5.75 Å². The van der Waals surface area contributed by atoms with E-state index in [0.717, 1.165) is 24.3 Å². The molecule has 1 aromatic heterocycles. The molecule has 1 aliphatic rings. The maximum absolute atomic E-state index is 12.5. The molecule has 0 bridgehead atoms. The lowest BCUT2D eigenvalue weighted by atomic mass is 10.0. The molecule has 3 rings (SSSR count). The number of piperidine rings is 1. The first-order valence-electron chi connectivity index (χ1n) is 7.64. The number of rotatable bonds is 3. The molecule has 25 heavy (non-hydrogen) atoms. The number of hydrogen-bond donors (Lipinski definition) is 2. The number of aromatic nitrogens is 2. The highest BCUT2D eigenvalue weighted by Gasteiger charge is 2.31. The molecule has 134 valence electrons. The summed E-state index contributed by atoms with van der Waals surface area (Å²) in [7, 11) is 1.96. The van der Waals surface area contributed by atoms with Crippen molar-refractivity contribution in [3.63, 3.8) is 0 Å². The largest absolute Gasteiger partial charge is 0.573 e. The Morgan fingerprint density at radius 1 is 1.48 bits per heavy atom. The Morgan fingerprint density at radius 2 is 2.24 bits per heavy atom. The number of ether oxygens (including phenoxy) is 1. The number of amides is 1. The molecule has 2 N–H and O–H groups in total. The van der Waals surface area contributed by atoms with Crippen LogP contribution in [0.15, 0.2) is 30.4 Å². The average Bonchev–Trinajstić information content (AvgIpc) is 2.91. The molecule has 1 saturated heterocycles. The highest BCUT2D eigenvalue weighted by molar-refractivity contribution is 6.05. The first-order valence-corrected chi connectivity index (χ1v) is 7.64. The van der Waals surface area contributed by atoms with Crippen molar-refractivity contribution >= 4 is 16.8 Å². The molecule has 0 aliphatic carbocycles. The van der Waals surface area contributed by atoms with Gasteiger partial charge in [0, 0.05) is 18.5 Å². The maximum Gasteiger partial charge on any atom is 0.573 e. The van der Waals surface area contributed by atoms with Crippen LogP contribution < -0.4 is 10.1 Å². The number of carbonyl (C=O) groups is 1. The van der Waals surface area contributed by atoms with Crippen LogP contribution in [0.25, 0.3) is 10.9 Å². The van der Waals surface area contributed by atoms with Gasteiger partial charge in [-0.25, -0.2) is 0 Å². The summed E-state index contributed by atoms with van der Waals surface area (Å²) >= 11 is 0. The van der Waals surface area contributed by atoms with Gasteiger partial charge in [0.05, 0.1) is 11.6 Å². The fraction of sp³-hybridized carbons (Fsp3) is 0.375. The van der Waals surface area contributed by atoms with Crippen LogP contribution in [0.4, 0.5) is 13.2 Å². The quantitative estimate of drug-likeness (QED) is 0.831. The first kappa shape index (κ1) is 17.3. The third-order valence-corrected chi connectivity index (χ3v) is 4.05. The van der Waals surface area contributed by atoms with Crippen LogP contribution in [-0.2, 0) is 0 Å². The highest BCUT2D eigenvalue weighted by Crippen LogP contribution is 2.27. The van der Waals surface area contributed by atoms with Gasteiger partial charge in [-0.1, -0.05) is 6.58 Å². The number of nitrogens with zero attached hydrogens (tertiary/aromatic N) is 2. The lowest BCUT2D eigenvalue weighted by Gasteiger charge is -2.31. The van der Waals surface area contributed by atoms with E-state index in [2.05, 4.69) is 31.7 Å². The van der Waals surface area contributed by atoms with E-state index in [-0.39, 0.29) is 17.1 Å². The van der Waals surface area contributed by atoms with Crippen molar-refractivity contribution in [1.82, 2.24) is 20.4 Å². The van der Waals surface area contributed by atoms with Crippen LogP contribution in [-0.4, -0.2) is 53.5 Å². The minimum atomic E-state index is -4.80. The molecule has 2 heterocycles. The van der Waals surface area contributed by atoms with Crippen molar-refractivity contribution in [2.45, 2.75) is 18.8 Å². The number of aromatic amines is 1. The zero-order chi connectivity index (χ0) is 18.2. The standard InChI is InChI=1S/C16H17F3N4O2/c1-9-8-23(2)6-5-12(9)20-15(24)14-11-7-10(25-16(17,18)19)3-4-13(11)21-22-14/h3-4,7,12H,1,5-6,8H2,2H3,(H,20,24)(H,21,22). The van der Waals surface area contributed by atoms with Gasteiger partial charge in [0.25, 0.3) is 5.91 Å².